The van der Waals surface area contributed by atoms with Crippen LogP contribution < -0.4 is 0 Å². The van der Waals surface area contributed by atoms with E-state index in [0.717, 1.165) is 0 Å². The van der Waals surface area contributed by atoms with Crippen molar-refractivity contribution < 1.29 is 14.9 Å². The van der Waals surface area contributed by atoms with Crippen LogP contribution in [0.5, 0.6) is 0 Å². The molecular formula is C10H18O3S. The third-order valence-electron chi connectivity index (χ3n) is 1.96. The molecule has 14 heavy (non-hydrogen) atoms. The van der Waals surface area contributed by atoms with Gasteiger partial charge in [-0.2, -0.15) is 12.6 Å². The molecule has 0 radical (unpaired) electrons. The van der Waals surface area contributed by atoms with Crippen LogP contribution in [0.15, 0.2) is 24.8 Å². The summed E-state index contributed by atoms with van der Waals surface area (Å²) in [7, 11) is 0. The van der Waals surface area contributed by atoms with Gasteiger partial charge in [-0.15, -0.1) is 0 Å². The van der Waals surface area contributed by atoms with Gasteiger partial charge in [-0.05, 0) is 11.8 Å². The standard InChI is InChI=1S/C9H14O3.CH4S/c1-3-6(2)9-8(11)4-7(10)5-12-9;1-2/h3,7-11H,1-2,4-5H2;2H,1H3. The fraction of sp³-hybridized carbons (Fsp3) is 0.600. The van der Waals surface area contributed by atoms with Gasteiger partial charge in [0.05, 0.1) is 18.8 Å². The molecule has 3 atom stereocenters. The molecule has 0 amide bonds. The molecule has 0 saturated carbocycles. The van der Waals surface area contributed by atoms with Gasteiger partial charge in [-0.1, -0.05) is 19.2 Å². The first-order chi connectivity index (χ1) is 6.65. The SMILES string of the molecule is C=CC(=C)C1OCC(O)CC1O.CS. The summed E-state index contributed by atoms with van der Waals surface area (Å²) in [5.41, 5.74) is 0.661. The zero-order valence-corrected chi connectivity index (χ0v) is 9.28. The lowest BCUT2D eigenvalue weighted by atomic mass is 9.98. The maximum Gasteiger partial charge on any atom is 0.108 e. The van der Waals surface area contributed by atoms with Crippen LogP contribution in [0.25, 0.3) is 0 Å². The van der Waals surface area contributed by atoms with E-state index in [1.54, 1.807) is 12.3 Å². The molecule has 0 aromatic heterocycles. The van der Waals surface area contributed by atoms with Crippen LogP contribution in [0.2, 0.25) is 0 Å². The Hall–Kier alpha value is -0.290. The summed E-state index contributed by atoms with van der Waals surface area (Å²) in [5.74, 6) is 0. The van der Waals surface area contributed by atoms with Crippen LogP contribution in [-0.4, -0.2) is 41.4 Å². The van der Waals surface area contributed by atoms with E-state index in [0.29, 0.717) is 12.0 Å². The summed E-state index contributed by atoms with van der Waals surface area (Å²) in [5, 5.41) is 18.6. The van der Waals surface area contributed by atoms with Gasteiger partial charge in [0.15, 0.2) is 0 Å². The van der Waals surface area contributed by atoms with E-state index < -0.39 is 18.3 Å². The molecule has 1 aliphatic heterocycles. The highest BCUT2D eigenvalue weighted by Crippen LogP contribution is 2.20. The fourth-order valence-corrected chi connectivity index (χ4v) is 1.27. The van der Waals surface area contributed by atoms with Crippen LogP contribution in [-0.2, 0) is 4.74 Å². The Morgan fingerprint density at radius 2 is 2.07 bits per heavy atom. The van der Waals surface area contributed by atoms with E-state index in [1.165, 1.54) is 0 Å². The maximum atomic E-state index is 9.45. The highest BCUT2D eigenvalue weighted by Gasteiger charge is 2.29. The molecule has 0 aromatic carbocycles. The van der Waals surface area contributed by atoms with Crippen molar-refractivity contribution in [3.05, 3.63) is 24.8 Å². The Morgan fingerprint density at radius 3 is 2.50 bits per heavy atom. The van der Waals surface area contributed by atoms with Gasteiger partial charge < -0.3 is 14.9 Å². The number of aliphatic hydroxyl groups excluding tert-OH is 2. The second-order valence-electron chi connectivity index (χ2n) is 2.99. The molecule has 0 bridgehead atoms. The topological polar surface area (TPSA) is 49.7 Å². The molecule has 0 spiro atoms. The van der Waals surface area contributed by atoms with Gasteiger partial charge in [0, 0.05) is 6.42 Å². The first kappa shape index (κ1) is 13.7. The molecule has 1 saturated heterocycles. The van der Waals surface area contributed by atoms with Crippen LogP contribution >= 0.6 is 12.6 Å². The molecule has 1 rings (SSSR count). The molecule has 0 aliphatic carbocycles. The lowest BCUT2D eigenvalue weighted by Gasteiger charge is -2.31. The first-order valence-corrected chi connectivity index (χ1v) is 5.28. The average Bonchev–Trinajstić information content (AvgIpc) is 2.20. The Balaban J connectivity index is 0.000000791. The third-order valence-corrected chi connectivity index (χ3v) is 1.96. The Morgan fingerprint density at radius 1 is 1.50 bits per heavy atom. The van der Waals surface area contributed by atoms with Crippen molar-refractivity contribution in [2.75, 3.05) is 12.9 Å². The van der Waals surface area contributed by atoms with Crippen LogP contribution in [0.3, 0.4) is 0 Å². The van der Waals surface area contributed by atoms with E-state index in [-0.39, 0.29) is 6.61 Å². The molecular weight excluding hydrogens is 200 g/mol. The van der Waals surface area contributed by atoms with Crippen LogP contribution in [0.4, 0.5) is 0 Å². The van der Waals surface area contributed by atoms with Gasteiger partial charge in [0.25, 0.3) is 0 Å². The lowest BCUT2D eigenvalue weighted by molar-refractivity contribution is -0.106. The zero-order chi connectivity index (χ0) is 11.1. The largest absolute Gasteiger partial charge is 0.391 e. The first-order valence-electron chi connectivity index (χ1n) is 4.39. The Labute approximate surface area is 90.5 Å². The monoisotopic (exact) mass is 218 g/mol. The number of hydrogen-bond donors (Lipinski definition) is 3. The number of rotatable bonds is 2. The Bertz CT molecular complexity index is 194. The minimum Gasteiger partial charge on any atom is -0.391 e. The zero-order valence-electron chi connectivity index (χ0n) is 8.39. The summed E-state index contributed by atoms with van der Waals surface area (Å²) < 4.78 is 5.18. The number of aliphatic hydroxyl groups is 2. The molecule has 0 aromatic rings. The highest BCUT2D eigenvalue weighted by molar-refractivity contribution is 7.79. The summed E-state index contributed by atoms with van der Waals surface area (Å²) >= 11 is 3.53. The van der Waals surface area contributed by atoms with E-state index >= 15 is 0 Å². The maximum absolute atomic E-state index is 9.45. The minimum atomic E-state index is -0.667. The highest BCUT2D eigenvalue weighted by atomic mass is 32.1. The van der Waals surface area contributed by atoms with Crippen LogP contribution in [0.1, 0.15) is 6.42 Å². The smallest absolute Gasteiger partial charge is 0.108 e. The summed E-state index contributed by atoms with van der Waals surface area (Å²) in [6.07, 6.45) is 1.97. The summed E-state index contributed by atoms with van der Waals surface area (Å²) in [6, 6.07) is 0. The molecule has 3 nitrogen and oxygen atoms in total. The van der Waals surface area contributed by atoms with Crippen molar-refractivity contribution in [2.45, 2.75) is 24.7 Å². The third kappa shape index (κ3) is 3.84. The van der Waals surface area contributed by atoms with Crippen molar-refractivity contribution >= 4 is 12.6 Å². The number of hydrogen-bond acceptors (Lipinski definition) is 4. The van der Waals surface area contributed by atoms with Gasteiger partial charge >= 0.3 is 0 Å². The van der Waals surface area contributed by atoms with Crippen molar-refractivity contribution in [1.29, 1.82) is 0 Å². The van der Waals surface area contributed by atoms with Gasteiger partial charge in [0.2, 0.25) is 0 Å². The van der Waals surface area contributed by atoms with Crippen molar-refractivity contribution in [3.8, 4) is 0 Å². The van der Waals surface area contributed by atoms with E-state index in [2.05, 4.69) is 25.8 Å². The van der Waals surface area contributed by atoms with E-state index in [9.17, 15) is 5.11 Å². The van der Waals surface area contributed by atoms with Gasteiger partial charge in [0.1, 0.15) is 6.10 Å². The quantitative estimate of drug-likeness (QED) is 0.474. The number of thiol groups is 1. The summed E-state index contributed by atoms with van der Waals surface area (Å²) in [6.45, 7) is 7.48. The molecule has 82 valence electrons. The average molecular weight is 218 g/mol. The molecule has 2 N–H and O–H groups in total. The fourth-order valence-electron chi connectivity index (χ4n) is 1.27. The predicted octanol–water partition coefficient (Wildman–Crippen LogP) is 0.785. The van der Waals surface area contributed by atoms with Gasteiger partial charge in [-0.3, -0.25) is 0 Å². The van der Waals surface area contributed by atoms with Gasteiger partial charge in [-0.25, -0.2) is 0 Å². The molecule has 1 fully saturated rings. The molecule has 3 unspecified atom stereocenters. The van der Waals surface area contributed by atoms with Crippen LogP contribution in [0, 0.1) is 0 Å². The van der Waals surface area contributed by atoms with Crippen molar-refractivity contribution in [1.82, 2.24) is 0 Å². The number of ether oxygens (including phenoxy) is 1. The predicted molar refractivity (Wildman–Crippen MR) is 60.6 cm³/mol. The second kappa shape index (κ2) is 7.06. The van der Waals surface area contributed by atoms with Crippen molar-refractivity contribution in [3.63, 3.8) is 0 Å². The van der Waals surface area contributed by atoms with E-state index in [1.807, 2.05) is 0 Å². The molecule has 1 heterocycles. The minimum absolute atomic E-state index is 0.259. The second-order valence-corrected chi connectivity index (χ2v) is 2.99. The molecule has 4 heteroatoms. The summed E-state index contributed by atoms with van der Waals surface area (Å²) in [4.78, 5) is 0. The van der Waals surface area contributed by atoms with Crippen molar-refractivity contribution in [2.24, 2.45) is 0 Å². The molecule has 1 aliphatic rings. The van der Waals surface area contributed by atoms with E-state index in [4.69, 9.17) is 9.84 Å². The Kier molecular flexibility index (Phi) is 6.92. The normalized spacial score (nSPS) is 31.3. The lowest BCUT2D eigenvalue weighted by Crippen LogP contribution is -2.41.